The number of alkyl carbamates (subject to hydrolysis) is 2. The van der Waals surface area contributed by atoms with Crippen molar-refractivity contribution in [3.63, 3.8) is 0 Å². The van der Waals surface area contributed by atoms with Gasteiger partial charge < -0.3 is 39.9 Å². The Kier molecular flexibility index (Phi) is 9.56. The summed E-state index contributed by atoms with van der Waals surface area (Å²) >= 11 is 0. The van der Waals surface area contributed by atoms with E-state index in [2.05, 4.69) is 46.9 Å². The molecule has 4 amide bonds. The smallest absolute Gasteiger partial charge is 0.407 e. The summed E-state index contributed by atoms with van der Waals surface area (Å²) in [5.41, 5.74) is 5.05. The van der Waals surface area contributed by atoms with Crippen LogP contribution in [0.15, 0.2) is 48.7 Å². The highest BCUT2D eigenvalue weighted by Crippen LogP contribution is 2.33. The van der Waals surface area contributed by atoms with Gasteiger partial charge in [0.2, 0.25) is 11.8 Å². The summed E-state index contributed by atoms with van der Waals surface area (Å²) in [5.74, 6) is 7.48. The van der Waals surface area contributed by atoms with E-state index in [4.69, 9.17) is 4.98 Å². The third-order valence-corrected chi connectivity index (χ3v) is 8.56. The van der Waals surface area contributed by atoms with Crippen LogP contribution in [0.5, 0.6) is 0 Å². The lowest BCUT2D eigenvalue weighted by Crippen LogP contribution is -2.40. The Bertz CT molecular complexity index is 1890. The maximum absolute atomic E-state index is 12.7. The number of hydrogen-bond donors (Lipinski definition) is 4. The Morgan fingerprint density at radius 2 is 1.40 bits per heavy atom. The van der Waals surface area contributed by atoms with E-state index >= 15 is 0 Å². The molecule has 4 aromatic rings. The second-order valence-electron chi connectivity index (χ2n) is 11.5. The van der Waals surface area contributed by atoms with E-state index in [1.54, 1.807) is 16.0 Å². The first kappa shape index (κ1) is 32.1. The Hall–Kier alpha value is -5.84. The number of fused-ring (bicyclic) bond motifs is 1. The van der Waals surface area contributed by atoms with Crippen molar-refractivity contribution in [1.29, 1.82) is 0 Å². The number of carbonyl (C=O) groups excluding carboxylic acids is 4. The molecule has 2 aromatic heterocycles. The zero-order valence-corrected chi connectivity index (χ0v) is 26.7. The molecule has 0 aliphatic carbocycles. The number of imidazole rings is 2. The number of nitrogens with zero attached hydrogens (tertiary/aromatic N) is 4. The summed E-state index contributed by atoms with van der Waals surface area (Å²) in [6, 6.07) is 13.2. The van der Waals surface area contributed by atoms with Gasteiger partial charge >= 0.3 is 12.2 Å². The lowest BCUT2D eigenvalue weighted by atomic mass is 10.1. The van der Waals surface area contributed by atoms with E-state index in [0.717, 1.165) is 59.1 Å². The highest BCUT2D eigenvalue weighted by atomic mass is 16.5. The fraction of sp³-hybridized carbons (Fsp3) is 0.353. The van der Waals surface area contributed by atoms with E-state index in [-0.39, 0.29) is 37.0 Å². The number of aromatic amines is 2. The van der Waals surface area contributed by atoms with Crippen molar-refractivity contribution in [2.24, 2.45) is 0 Å². The summed E-state index contributed by atoms with van der Waals surface area (Å²) in [6.45, 7) is 0.935. The summed E-state index contributed by atoms with van der Waals surface area (Å²) < 4.78 is 9.12. The number of hydrogen-bond acceptors (Lipinski definition) is 8. The Morgan fingerprint density at radius 1 is 0.812 bits per heavy atom. The van der Waals surface area contributed by atoms with Gasteiger partial charge in [-0.1, -0.05) is 24.0 Å². The van der Waals surface area contributed by atoms with Crippen molar-refractivity contribution in [2.45, 2.75) is 37.8 Å². The lowest BCUT2D eigenvalue weighted by molar-refractivity contribution is -0.132. The molecule has 0 unspecified atom stereocenters. The van der Waals surface area contributed by atoms with Gasteiger partial charge in [-0.15, -0.1) is 0 Å². The molecule has 14 heteroatoms. The molecule has 4 N–H and O–H groups in total. The first-order chi connectivity index (χ1) is 23.3. The van der Waals surface area contributed by atoms with E-state index < -0.39 is 12.2 Å². The molecular weight excluding hydrogens is 616 g/mol. The van der Waals surface area contributed by atoms with Crippen LogP contribution in [0.4, 0.5) is 9.59 Å². The molecule has 2 aliphatic rings. The summed E-state index contributed by atoms with van der Waals surface area (Å²) in [5, 5.41) is 4.90. The van der Waals surface area contributed by atoms with Gasteiger partial charge in [0.05, 0.1) is 49.2 Å². The van der Waals surface area contributed by atoms with Crippen molar-refractivity contribution < 1.29 is 28.7 Å². The molecule has 2 aliphatic heterocycles. The molecule has 0 bridgehead atoms. The van der Waals surface area contributed by atoms with Gasteiger partial charge in [-0.25, -0.2) is 19.6 Å². The van der Waals surface area contributed by atoms with E-state index in [9.17, 15) is 19.2 Å². The Labute approximate surface area is 276 Å². The third-order valence-electron chi connectivity index (χ3n) is 8.56. The van der Waals surface area contributed by atoms with Gasteiger partial charge in [0, 0.05) is 24.2 Å². The van der Waals surface area contributed by atoms with E-state index in [0.29, 0.717) is 24.7 Å². The van der Waals surface area contributed by atoms with E-state index in [1.165, 1.54) is 14.2 Å². The normalized spacial score (nSPS) is 17.1. The van der Waals surface area contributed by atoms with Gasteiger partial charge in [0.25, 0.3) is 0 Å². The highest BCUT2D eigenvalue weighted by molar-refractivity contribution is 5.84. The molecule has 0 saturated carbocycles. The quantitative estimate of drug-likeness (QED) is 0.220. The summed E-state index contributed by atoms with van der Waals surface area (Å²) in [7, 11) is 2.52. The van der Waals surface area contributed by atoms with Gasteiger partial charge in [-0.3, -0.25) is 9.59 Å². The highest BCUT2D eigenvalue weighted by Gasteiger charge is 2.33. The number of amides is 4. The number of nitrogens with one attached hydrogen (secondary N) is 4. The fourth-order valence-corrected chi connectivity index (χ4v) is 6.14. The fourth-order valence-electron chi connectivity index (χ4n) is 6.14. The maximum atomic E-state index is 12.7. The monoisotopic (exact) mass is 652 g/mol. The number of aromatic nitrogens is 4. The predicted molar refractivity (Wildman–Crippen MR) is 174 cm³/mol. The van der Waals surface area contributed by atoms with Crippen LogP contribution < -0.4 is 10.6 Å². The van der Waals surface area contributed by atoms with E-state index in [1.807, 2.05) is 42.5 Å². The average molecular weight is 653 g/mol. The second-order valence-corrected chi connectivity index (χ2v) is 11.5. The number of benzene rings is 2. The zero-order valence-electron chi connectivity index (χ0n) is 26.7. The van der Waals surface area contributed by atoms with Crippen LogP contribution in [0.2, 0.25) is 0 Å². The molecule has 48 heavy (non-hydrogen) atoms. The molecule has 2 atom stereocenters. The molecule has 0 spiro atoms. The molecule has 248 valence electrons. The van der Waals surface area contributed by atoms with Gasteiger partial charge in [-0.05, 0) is 61.6 Å². The first-order valence-electron chi connectivity index (χ1n) is 15.7. The number of rotatable bonds is 7. The standard InChI is InChI=1S/C34H36N8O6/c1-47-33(45)36-19-29(43)41-15-3-5-27(41)31-35-18-26(40-31)23-12-9-21(10-13-23)7-8-22-11-14-24-25(17-22)39-32(38-24)28-6-4-16-42(28)30(44)20-37-34(46)48-2/h9-14,17-18,27-28H,3-6,15-16,19-20H2,1-2H3,(H,35,40)(H,36,45)(H,37,46)(H,38,39)/t27-,28-/m0/s1. The van der Waals surface area contributed by atoms with Gasteiger partial charge in [0.1, 0.15) is 24.7 Å². The number of ether oxygens (including phenoxy) is 2. The SMILES string of the molecule is COC(=O)NCC(=O)N1CCC[C@H]1c1ncc(-c2ccc(C#Cc3ccc4nc([C@@H]5CCCN5C(=O)CNC(=O)OC)[nH]c4c3)cc2)[nH]1. The molecular formula is C34H36N8O6. The van der Waals surface area contributed by atoms with Gasteiger partial charge in [-0.2, -0.15) is 0 Å². The number of methoxy groups -OCH3 is 2. The molecule has 14 nitrogen and oxygen atoms in total. The number of likely N-dealkylation sites (tertiary alicyclic amines) is 2. The van der Waals surface area contributed by atoms with Crippen LogP contribution >= 0.6 is 0 Å². The summed E-state index contributed by atoms with van der Waals surface area (Å²) in [4.78, 5) is 67.7. The van der Waals surface area contributed by atoms with Crippen molar-refractivity contribution in [2.75, 3.05) is 40.4 Å². The van der Waals surface area contributed by atoms with Crippen LogP contribution in [-0.4, -0.2) is 94.1 Å². The van der Waals surface area contributed by atoms with Crippen molar-refractivity contribution in [3.8, 4) is 23.1 Å². The van der Waals surface area contributed by atoms with Crippen LogP contribution in [0.3, 0.4) is 0 Å². The topological polar surface area (TPSA) is 175 Å². The molecule has 2 saturated heterocycles. The number of H-pyrrole nitrogens is 2. The minimum atomic E-state index is -0.643. The zero-order chi connectivity index (χ0) is 33.6. The minimum absolute atomic E-state index is 0.129. The second kappa shape index (κ2) is 14.3. The largest absolute Gasteiger partial charge is 0.453 e. The Morgan fingerprint density at radius 3 is 2.02 bits per heavy atom. The lowest BCUT2D eigenvalue weighted by Gasteiger charge is -2.23. The maximum Gasteiger partial charge on any atom is 0.407 e. The summed E-state index contributed by atoms with van der Waals surface area (Å²) in [6.07, 6.45) is 3.74. The number of carbonyl (C=O) groups is 4. The molecule has 4 heterocycles. The predicted octanol–water partition coefficient (Wildman–Crippen LogP) is 3.39. The minimum Gasteiger partial charge on any atom is -0.453 e. The molecule has 2 aromatic carbocycles. The van der Waals surface area contributed by atoms with Crippen molar-refractivity contribution in [3.05, 3.63) is 71.4 Å². The van der Waals surface area contributed by atoms with Crippen LogP contribution in [-0.2, 0) is 19.1 Å². The Balaban J connectivity index is 1.09. The van der Waals surface area contributed by atoms with Crippen LogP contribution in [0.25, 0.3) is 22.3 Å². The third kappa shape index (κ3) is 7.10. The average Bonchev–Trinajstić information content (AvgIpc) is 3.94. The van der Waals surface area contributed by atoms with Crippen LogP contribution in [0, 0.1) is 11.8 Å². The van der Waals surface area contributed by atoms with Crippen molar-refractivity contribution in [1.82, 2.24) is 40.4 Å². The molecule has 2 fully saturated rings. The molecule has 6 rings (SSSR count). The first-order valence-corrected chi connectivity index (χ1v) is 15.7. The van der Waals surface area contributed by atoms with Crippen LogP contribution in [0.1, 0.15) is 60.5 Å². The van der Waals surface area contributed by atoms with Crippen molar-refractivity contribution >= 4 is 35.0 Å². The van der Waals surface area contributed by atoms with Gasteiger partial charge in [0.15, 0.2) is 0 Å². The molecule has 0 radical (unpaired) electrons.